The van der Waals surface area contributed by atoms with Crippen molar-refractivity contribution in [1.29, 1.82) is 10.5 Å². The second-order valence-electron chi connectivity index (χ2n) is 7.27. The highest BCUT2D eigenvalue weighted by Crippen LogP contribution is 2.37. The lowest BCUT2D eigenvalue weighted by atomic mass is 9.96. The number of nitrogens with two attached hydrogens (primary N) is 1. The maximum absolute atomic E-state index is 12.8. The number of hydrogen-bond donors (Lipinski definition) is 3. The van der Waals surface area contributed by atoms with Crippen LogP contribution >= 0.6 is 23.4 Å². The van der Waals surface area contributed by atoms with Gasteiger partial charge in [-0.15, -0.1) is 0 Å². The van der Waals surface area contributed by atoms with Crippen molar-refractivity contribution in [2.75, 3.05) is 11.1 Å². The first kappa shape index (κ1) is 24.6. The van der Waals surface area contributed by atoms with E-state index in [2.05, 4.69) is 16.4 Å². The third kappa shape index (κ3) is 5.12. The molecule has 0 aliphatic heterocycles. The molecule has 1 heterocycles. The third-order valence-electron chi connectivity index (χ3n) is 4.88. The van der Waals surface area contributed by atoms with Crippen LogP contribution in [0.4, 0.5) is 11.5 Å². The maximum atomic E-state index is 12.8. The third-order valence-corrected chi connectivity index (χ3v) is 6.30. The minimum atomic E-state index is -1.16. The predicted octanol–water partition coefficient (Wildman–Crippen LogP) is 4.85. The number of halogens is 1. The number of nitrogens with zero attached hydrogens (tertiary/aromatic N) is 3. The van der Waals surface area contributed by atoms with Gasteiger partial charge in [-0.25, -0.2) is 9.78 Å². The number of carboxylic acids is 1. The van der Waals surface area contributed by atoms with Gasteiger partial charge in [0.25, 0.3) is 0 Å². The van der Waals surface area contributed by atoms with Crippen LogP contribution in [0.3, 0.4) is 0 Å². The van der Waals surface area contributed by atoms with E-state index >= 15 is 0 Å². The normalized spacial score (nSPS) is 11.2. The van der Waals surface area contributed by atoms with E-state index in [1.54, 1.807) is 19.1 Å². The molecule has 34 heavy (non-hydrogen) atoms. The van der Waals surface area contributed by atoms with Gasteiger partial charge in [0.1, 0.15) is 28.5 Å². The molecule has 0 saturated heterocycles. The van der Waals surface area contributed by atoms with Crippen molar-refractivity contribution in [3.63, 3.8) is 0 Å². The van der Waals surface area contributed by atoms with Gasteiger partial charge >= 0.3 is 5.97 Å². The number of carboxylic acid groups (broad SMARTS) is 1. The molecule has 0 aliphatic rings. The van der Waals surface area contributed by atoms with Crippen LogP contribution in [0.25, 0.3) is 11.1 Å². The van der Waals surface area contributed by atoms with Crippen LogP contribution in [0.2, 0.25) is 5.02 Å². The van der Waals surface area contributed by atoms with E-state index in [0.29, 0.717) is 11.1 Å². The van der Waals surface area contributed by atoms with Crippen molar-refractivity contribution in [1.82, 2.24) is 4.98 Å². The Morgan fingerprint density at radius 1 is 1.15 bits per heavy atom. The summed E-state index contributed by atoms with van der Waals surface area (Å²) < 4.78 is 0. The first-order valence-electron chi connectivity index (χ1n) is 9.87. The minimum Gasteiger partial charge on any atom is -0.478 e. The Morgan fingerprint density at radius 3 is 2.38 bits per heavy atom. The zero-order valence-corrected chi connectivity index (χ0v) is 19.7. The number of hydrogen-bond acceptors (Lipinski definition) is 7. The molecule has 170 valence electrons. The van der Waals surface area contributed by atoms with E-state index < -0.39 is 17.1 Å². The van der Waals surface area contributed by atoms with Gasteiger partial charge in [0.2, 0.25) is 5.91 Å². The Hall–Kier alpha value is -4.05. The fourth-order valence-corrected chi connectivity index (χ4v) is 4.18. The maximum Gasteiger partial charge on any atom is 0.335 e. The number of aryl methyl sites for hydroxylation is 1. The van der Waals surface area contributed by atoms with Gasteiger partial charge in [-0.1, -0.05) is 53.2 Å². The monoisotopic (exact) mass is 491 g/mol. The van der Waals surface area contributed by atoms with Crippen LogP contribution < -0.4 is 11.1 Å². The van der Waals surface area contributed by atoms with E-state index in [-0.39, 0.29) is 38.2 Å². The highest BCUT2D eigenvalue weighted by Gasteiger charge is 2.24. The number of rotatable bonds is 6. The van der Waals surface area contributed by atoms with Crippen LogP contribution in [-0.2, 0) is 4.79 Å². The number of thioether (sulfide) groups is 1. The molecule has 2 aromatic carbocycles. The van der Waals surface area contributed by atoms with Crippen LogP contribution in [0.5, 0.6) is 0 Å². The number of anilines is 2. The smallest absolute Gasteiger partial charge is 0.335 e. The van der Waals surface area contributed by atoms with E-state index in [1.807, 2.05) is 25.1 Å². The minimum absolute atomic E-state index is 0.0314. The Labute approximate surface area is 205 Å². The van der Waals surface area contributed by atoms with Gasteiger partial charge in [0, 0.05) is 5.56 Å². The number of pyridine rings is 1. The average molecular weight is 492 g/mol. The summed E-state index contributed by atoms with van der Waals surface area (Å²) >= 11 is 7.08. The van der Waals surface area contributed by atoms with Gasteiger partial charge < -0.3 is 16.2 Å². The first-order valence-corrected chi connectivity index (χ1v) is 11.1. The standard InChI is InChI=1S/C24H18ClN5O3S/c1-12-3-5-14(6-4-12)20-16(10-26)21(28)30-23(17(20)11-27)34-13(2)22(31)29-19-9-15(24(32)33)7-8-18(19)25/h3-9,13H,1-2H3,(H2,28,30)(H,29,31)(H,32,33). The van der Waals surface area contributed by atoms with Gasteiger partial charge in [0.05, 0.1) is 27.1 Å². The van der Waals surface area contributed by atoms with E-state index in [4.69, 9.17) is 22.4 Å². The molecule has 0 fully saturated rings. The molecule has 0 spiro atoms. The lowest BCUT2D eigenvalue weighted by molar-refractivity contribution is -0.115. The molecular weight excluding hydrogens is 474 g/mol. The SMILES string of the molecule is Cc1ccc(-c2c(C#N)c(N)nc(SC(C)C(=O)Nc3cc(C(=O)O)ccc3Cl)c2C#N)cc1. The number of carbonyl (C=O) groups is 2. The molecule has 0 aliphatic carbocycles. The summed E-state index contributed by atoms with van der Waals surface area (Å²) in [6, 6.07) is 15.4. The van der Waals surface area contributed by atoms with Gasteiger partial charge in [-0.05, 0) is 37.6 Å². The molecular formula is C24H18ClN5O3S. The average Bonchev–Trinajstić information content (AvgIpc) is 2.80. The lowest BCUT2D eigenvalue weighted by Crippen LogP contribution is -2.23. The molecule has 3 rings (SSSR count). The summed E-state index contributed by atoms with van der Waals surface area (Å²) in [7, 11) is 0. The Kier molecular flexibility index (Phi) is 7.42. The molecule has 1 atom stereocenters. The molecule has 10 heteroatoms. The Bertz CT molecular complexity index is 1380. The number of amides is 1. The molecule has 8 nitrogen and oxygen atoms in total. The fourth-order valence-electron chi connectivity index (χ4n) is 3.10. The zero-order valence-electron chi connectivity index (χ0n) is 18.1. The number of carbonyl (C=O) groups excluding carboxylic acids is 1. The molecule has 1 unspecified atom stereocenters. The molecule has 0 saturated carbocycles. The number of aromatic carboxylic acids is 1. The van der Waals surface area contributed by atoms with E-state index in [0.717, 1.165) is 17.3 Å². The molecule has 0 radical (unpaired) electrons. The number of benzene rings is 2. The number of nitrogens with one attached hydrogen (secondary N) is 1. The van der Waals surface area contributed by atoms with Gasteiger partial charge in [-0.3, -0.25) is 4.79 Å². The van der Waals surface area contributed by atoms with E-state index in [1.165, 1.54) is 18.2 Å². The van der Waals surface area contributed by atoms with E-state index in [9.17, 15) is 20.1 Å². The van der Waals surface area contributed by atoms with Gasteiger partial charge in [-0.2, -0.15) is 10.5 Å². The summed E-state index contributed by atoms with van der Waals surface area (Å²) in [5, 5.41) is 30.9. The molecule has 1 amide bonds. The largest absolute Gasteiger partial charge is 0.478 e. The molecule has 0 bridgehead atoms. The van der Waals surface area contributed by atoms with Crippen molar-refractivity contribution >= 4 is 46.7 Å². The molecule has 4 N–H and O–H groups in total. The predicted molar refractivity (Wildman–Crippen MR) is 131 cm³/mol. The van der Waals surface area contributed by atoms with Crippen molar-refractivity contribution in [3.8, 4) is 23.3 Å². The van der Waals surface area contributed by atoms with Crippen LogP contribution in [0, 0.1) is 29.6 Å². The summed E-state index contributed by atoms with van der Waals surface area (Å²) in [6.07, 6.45) is 0. The molecule has 3 aromatic rings. The van der Waals surface area contributed by atoms with Crippen LogP contribution in [0.15, 0.2) is 47.5 Å². The summed E-state index contributed by atoms with van der Waals surface area (Å²) in [6.45, 7) is 3.51. The van der Waals surface area contributed by atoms with Gasteiger partial charge in [0.15, 0.2) is 0 Å². The Balaban J connectivity index is 1.97. The zero-order chi connectivity index (χ0) is 25.0. The second kappa shape index (κ2) is 10.3. The van der Waals surface area contributed by atoms with Crippen molar-refractivity contribution in [2.45, 2.75) is 24.1 Å². The lowest BCUT2D eigenvalue weighted by Gasteiger charge is -2.16. The summed E-state index contributed by atoms with van der Waals surface area (Å²) in [4.78, 5) is 28.2. The molecule has 1 aromatic heterocycles. The Morgan fingerprint density at radius 2 is 1.79 bits per heavy atom. The topological polar surface area (TPSA) is 153 Å². The number of nitrogen functional groups attached to an aromatic ring is 1. The van der Waals surface area contributed by atoms with Crippen molar-refractivity contribution in [2.24, 2.45) is 0 Å². The highest BCUT2D eigenvalue weighted by atomic mass is 35.5. The quantitative estimate of drug-likeness (QED) is 0.413. The first-order chi connectivity index (χ1) is 16.2. The fraction of sp³-hybridized carbons (Fsp3) is 0.125. The van der Waals surface area contributed by atoms with Crippen molar-refractivity contribution < 1.29 is 14.7 Å². The van der Waals surface area contributed by atoms with Crippen molar-refractivity contribution in [3.05, 3.63) is 69.7 Å². The number of nitriles is 2. The summed E-state index contributed by atoms with van der Waals surface area (Å²) in [5.41, 5.74) is 8.35. The van der Waals surface area contributed by atoms with Crippen LogP contribution in [0.1, 0.15) is 34.0 Å². The summed E-state index contributed by atoms with van der Waals surface area (Å²) in [5.74, 6) is -1.70. The number of aromatic nitrogens is 1. The van der Waals surface area contributed by atoms with Crippen LogP contribution in [-0.4, -0.2) is 27.2 Å². The highest BCUT2D eigenvalue weighted by molar-refractivity contribution is 8.00. The second-order valence-corrected chi connectivity index (χ2v) is 9.00.